The summed E-state index contributed by atoms with van der Waals surface area (Å²) >= 11 is 0. The number of carbonyl (C=O) groups excluding carboxylic acids is 2. The Morgan fingerprint density at radius 1 is 1.09 bits per heavy atom. The quantitative estimate of drug-likeness (QED) is 0.392. The molecule has 23 heavy (non-hydrogen) atoms. The van der Waals surface area contributed by atoms with Crippen molar-refractivity contribution >= 4 is 17.7 Å². The maximum absolute atomic E-state index is 14.3. The lowest BCUT2D eigenvalue weighted by Crippen LogP contribution is -2.57. The molecule has 2 atom stereocenters. The Morgan fingerprint density at radius 3 is 2.43 bits per heavy atom. The van der Waals surface area contributed by atoms with Crippen molar-refractivity contribution in [2.24, 2.45) is 0 Å². The molecule has 1 aliphatic heterocycles. The van der Waals surface area contributed by atoms with Gasteiger partial charge in [-0.05, 0) is 6.07 Å². The molecule has 0 radical (unpaired) electrons. The number of piperidine rings is 1. The van der Waals surface area contributed by atoms with Crippen molar-refractivity contribution in [1.82, 2.24) is 5.32 Å². The highest BCUT2D eigenvalue weighted by molar-refractivity contribution is 6.14. The predicted octanol–water partition coefficient (Wildman–Crippen LogP) is 1.26. The second-order valence-electron chi connectivity index (χ2n) is 5.11. The number of aromatic nitrogens is 1. The fraction of sp³-hybridized carbons (Fsp3) is 0.118. The number of rotatable bonds is 2. The van der Waals surface area contributed by atoms with Crippen LogP contribution in [0, 0.1) is 5.82 Å². The molecule has 1 aromatic carbocycles. The highest BCUT2D eigenvalue weighted by Gasteiger charge is 2.47. The lowest BCUT2D eigenvalue weighted by atomic mass is 9.81. The third kappa shape index (κ3) is 2.56. The molecule has 0 bridgehead atoms. The van der Waals surface area contributed by atoms with Crippen molar-refractivity contribution in [2.45, 2.75) is 12.0 Å². The normalized spacial score (nSPS) is 20.8. The van der Waals surface area contributed by atoms with Crippen LogP contribution in [0.1, 0.15) is 17.5 Å². The molecular formula is C17H12FN3O2. The average molecular weight is 309 g/mol. The summed E-state index contributed by atoms with van der Waals surface area (Å²) in [6.07, 6.45) is 3.28. The number of nitrogens with one attached hydrogen (secondary N) is 1. The summed E-state index contributed by atoms with van der Waals surface area (Å²) in [5.74, 6) is -1.07. The van der Waals surface area contributed by atoms with E-state index in [-0.39, 0.29) is 11.1 Å². The molecule has 1 fully saturated rings. The highest BCUT2D eigenvalue weighted by Crippen LogP contribution is 2.35. The second kappa shape index (κ2) is 5.94. The van der Waals surface area contributed by atoms with Gasteiger partial charge in [-0.15, -0.1) is 0 Å². The number of halogens is 1. The first-order chi connectivity index (χ1) is 11.1. The number of carbonyl (C=O) groups is 2. The first-order valence-electron chi connectivity index (χ1n) is 6.96. The minimum atomic E-state index is -0.977. The minimum Gasteiger partial charge on any atom is -0.763 e. The summed E-state index contributed by atoms with van der Waals surface area (Å²) in [7, 11) is 0. The molecule has 0 spiro atoms. The lowest BCUT2D eigenvalue weighted by molar-refractivity contribution is -0.711. The van der Waals surface area contributed by atoms with Crippen molar-refractivity contribution in [3.63, 3.8) is 0 Å². The van der Waals surface area contributed by atoms with E-state index in [0.717, 1.165) is 0 Å². The van der Waals surface area contributed by atoms with Gasteiger partial charge in [0.1, 0.15) is 5.82 Å². The van der Waals surface area contributed by atoms with Gasteiger partial charge in [-0.1, -0.05) is 24.3 Å². The molecule has 0 saturated carbocycles. The summed E-state index contributed by atoms with van der Waals surface area (Å²) in [5, 5.41) is 11.5. The number of hydrogen-bond donors (Lipinski definition) is 1. The van der Waals surface area contributed by atoms with Crippen molar-refractivity contribution in [3.8, 4) is 0 Å². The Bertz CT molecular complexity index is 829. The van der Waals surface area contributed by atoms with Gasteiger partial charge in [0.15, 0.2) is 12.4 Å². The molecule has 0 unspecified atom stereocenters. The Labute approximate surface area is 131 Å². The van der Waals surface area contributed by atoms with Crippen LogP contribution < -0.4 is 9.88 Å². The number of nitrogens with zero attached hydrogens (tertiary/aromatic N) is 2. The average Bonchev–Trinajstić information content (AvgIpc) is 2.55. The summed E-state index contributed by atoms with van der Waals surface area (Å²) in [4.78, 5) is 24.3. The third-order valence-corrected chi connectivity index (χ3v) is 3.80. The number of pyridine rings is 1. The predicted molar refractivity (Wildman–Crippen MR) is 79.8 cm³/mol. The number of amides is 2. The first kappa shape index (κ1) is 14.8. The standard InChI is InChI=1S/C17H12FN3O2/c18-13-7-3-2-6-11(13)14-12(10-19)16(22)20-17(23)15(14)21-8-4-1-5-9-21/h1-9,14-15H,(H,20,22,23)/t14-,15-/m1/s1. The molecule has 1 N–H and O–H groups in total. The summed E-state index contributed by atoms with van der Waals surface area (Å²) < 4.78 is 15.8. The summed E-state index contributed by atoms with van der Waals surface area (Å²) in [6.45, 7) is 0. The molecular weight excluding hydrogens is 297 g/mol. The molecule has 1 saturated heterocycles. The van der Waals surface area contributed by atoms with E-state index in [2.05, 4.69) is 5.32 Å². The van der Waals surface area contributed by atoms with Gasteiger partial charge < -0.3 is 5.41 Å². The maximum Gasteiger partial charge on any atom is 0.296 e. The zero-order valence-corrected chi connectivity index (χ0v) is 11.9. The molecule has 5 nitrogen and oxygen atoms in total. The van der Waals surface area contributed by atoms with Crippen molar-refractivity contribution in [3.05, 3.63) is 77.2 Å². The number of imide groups is 1. The molecule has 1 aliphatic rings. The van der Waals surface area contributed by atoms with Crippen LogP contribution in [0.5, 0.6) is 0 Å². The smallest absolute Gasteiger partial charge is 0.296 e. The van der Waals surface area contributed by atoms with Crippen molar-refractivity contribution < 1.29 is 18.5 Å². The zero-order valence-electron chi connectivity index (χ0n) is 11.9. The minimum absolute atomic E-state index is 0.147. The van der Waals surface area contributed by atoms with Crippen LogP contribution in [0.4, 0.5) is 4.39 Å². The molecule has 1 aromatic heterocycles. The van der Waals surface area contributed by atoms with Crippen LogP contribution in [-0.2, 0) is 9.59 Å². The fourth-order valence-corrected chi connectivity index (χ4v) is 2.78. The molecule has 114 valence electrons. The van der Waals surface area contributed by atoms with Gasteiger partial charge in [-0.2, -0.15) is 4.57 Å². The zero-order chi connectivity index (χ0) is 16.4. The third-order valence-electron chi connectivity index (χ3n) is 3.80. The summed E-state index contributed by atoms with van der Waals surface area (Å²) in [5.41, 5.74) is -0.0374. The van der Waals surface area contributed by atoms with Crippen molar-refractivity contribution in [1.29, 1.82) is 0 Å². The molecule has 2 heterocycles. The number of benzene rings is 1. The van der Waals surface area contributed by atoms with E-state index in [1.807, 2.05) is 5.87 Å². The topological polar surface area (TPSA) is 72.3 Å². The monoisotopic (exact) mass is 309 g/mol. The van der Waals surface area contributed by atoms with Gasteiger partial charge in [0.2, 0.25) is 6.04 Å². The lowest BCUT2D eigenvalue weighted by Gasteiger charge is -2.28. The van der Waals surface area contributed by atoms with Crippen LogP contribution in [0.2, 0.25) is 0 Å². The highest BCUT2D eigenvalue weighted by atomic mass is 19.1. The van der Waals surface area contributed by atoms with E-state index in [1.165, 1.54) is 18.2 Å². The van der Waals surface area contributed by atoms with E-state index in [1.54, 1.807) is 41.2 Å². The second-order valence-corrected chi connectivity index (χ2v) is 5.11. The molecule has 0 aliphatic carbocycles. The van der Waals surface area contributed by atoms with Crippen molar-refractivity contribution in [2.75, 3.05) is 0 Å². The summed E-state index contributed by atoms with van der Waals surface area (Å²) in [6, 6.07) is 10.1. The van der Waals surface area contributed by atoms with Gasteiger partial charge >= 0.3 is 0 Å². The van der Waals surface area contributed by atoms with Gasteiger partial charge in [-0.25, -0.2) is 4.39 Å². The maximum atomic E-state index is 14.3. The molecule has 6 heteroatoms. The first-order valence-corrected chi connectivity index (χ1v) is 6.96. The largest absolute Gasteiger partial charge is 0.763 e. The molecule has 2 aromatic rings. The van der Waals surface area contributed by atoms with Crippen LogP contribution in [-0.4, -0.2) is 17.7 Å². The number of hydrogen-bond acceptors (Lipinski definition) is 2. The molecule has 2 amide bonds. The van der Waals surface area contributed by atoms with Gasteiger partial charge in [-0.3, -0.25) is 20.8 Å². The van der Waals surface area contributed by atoms with Crippen LogP contribution >= 0.6 is 0 Å². The van der Waals surface area contributed by atoms with Crippen LogP contribution in [0.25, 0.3) is 5.41 Å². The Morgan fingerprint density at radius 2 is 1.78 bits per heavy atom. The van der Waals surface area contributed by atoms with E-state index in [0.29, 0.717) is 0 Å². The van der Waals surface area contributed by atoms with Gasteiger partial charge in [0.25, 0.3) is 11.8 Å². The van der Waals surface area contributed by atoms with E-state index < -0.39 is 29.6 Å². The van der Waals surface area contributed by atoms with E-state index >= 15 is 0 Å². The Kier molecular flexibility index (Phi) is 3.83. The Hall–Kier alpha value is -3.11. The van der Waals surface area contributed by atoms with Crippen LogP contribution in [0.15, 0.2) is 60.4 Å². The SMILES string of the molecule is [N-]=C=C1C(=O)NC(=O)[C@H]([n+]2ccccc2)[C@@H]1c1ccccc1F. The fourth-order valence-electron chi connectivity index (χ4n) is 2.78. The molecule has 3 rings (SSSR count). The van der Waals surface area contributed by atoms with Crippen LogP contribution in [0.3, 0.4) is 0 Å². The van der Waals surface area contributed by atoms with Gasteiger partial charge in [0, 0.05) is 17.7 Å². The van der Waals surface area contributed by atoms with Gasteiger partial charge in [0.05, 0.1) is 11.5 Å². The van der Waals surface area contributed by atoms with E-state index in [4.69, 9.17) is 0 Å². The van der Waals surface area contributed by atoms with E-state index in [9.17, 15) is 19.4 Å². The Balaban J connectivity index is 2.22.